The van der Waals surface area contributed by atoms with Crippen molar-refractivity contribution in [2.75, 3.05) is 28.8 Å². The van der Waals surface area contributed by atoms with Gasteiger partial charge < -0.3 is 0 Å². The average molecular weight is 433 g/mol. The van der Waals surface area contributed by atoms with Crippen LogP contribution in [0.2, 0.25) is 0 Å². The van der Waals surface area contributed by atoms with Gasteiger partial charge in [-0.3, -0.25) is 0 Å². The number of nitrogens with zero attached hydrogens (tertiary/aromatic N) is 3. The minimum absolute atomic E-state index is 0.147. The molecule has 3 aliphatic heterocycles. The van der Waals surface area contributed by atoms with E-state index < -0.39 is 32.4 Å². The van der Waals surface area contributed by atoms with E-state index in [0.717, 1.165) is 0 Å². The summed E-state index contributed by atoms with van der Waals surface area (Å²) in [6, 6.07) is 8.81. The molecule has 3 unspecified atom stereocenters. The van der Waals surface area contributed by atoms with Gasteiger partial charge in [-0.2, -0.15) is 0 Å². The molecule has 30 heavy (non-hydrogen) atoms. The van der Waals surface area contributed by atoms with E-state index in [0.29, 0.717) is 22.9 Å². The molecule has 2 fully saturated rings. The van der Waals surface area contributed by atoms with Crippen molar-refractivity contribution in [3.05, 3.63) is 42.2 Å². The zero-order chi connectivity index (χ0) is 20.9. The van der Waals surface area contributed by atoms with Gasteiger partial charge in [0.05, 0.1) is 0 Å². The number of nitrogens with one attached hydrogen (secondary N) is 2. The first-order valence-corrected chi connectivity index (χ1v) is 11.8. The van der Waals surface area contributed by atoms with Crippen LogP contribution in [0.1, 0.15) is 10.4 Å². The van der Waals surface area contributed by atoms with Crippen LogP contribution >= 0.6 is 7.82 Å². The van der Waals surface area contributed by atoms with Crippen LogP contribution in [-0.4, -0.2) is 71.3 Å². The van der Waals surface area contributed by atoms with Crippen LogP contribution in [0.25, 0.3) is 0 Å². The van der Waals surface area contributed by atoms with E-state index in [2.05, 4.69) is 20.6 Å². The normalized spacial score (nSPS) is 30.1. The van der Waals surface area contributed by atoms with Gasteiger partial charge >= 0.3 is 155 Å². The zero-order valence-electron chi connectivity index (χ0n) is 16.1. The molecule has 5 rings (SSSR count). The van der Waals surface area contributed by atoms with E-state index in [-0.39, 0.29) is 19.2 Å². The van der Waals surface area contributed by atoms with Crippen molar-refractivity contribution in [3.8, 4) is 0 Å². The molecule has 0 aliphatic carbocycles. The van der Waals surface area contributed by atoms with Crippen molar-refractivity contribution < 1.29 is 28.6 Å². The van der Waals surface area contributed by atoms with Gasteiger partial charge in [-0.1, -0.05) is 18.2 Å². The molecule has 11 nitrogen and oxygen atoms in total. The molecular formula is C17H21BN5O6P. The van der Waals surface area contributed by atoms with E-state index in [1.807, 2.05) is 6.07 Å². The number of aromatic nitrogens is 2. The van der Waals surface area contributed by atoms with E-state index in [1.165, 1.54) is 13.9 Å². The third-order valence-electron chi connectivity index (χ3n) is 5.28. The Morgan fingerprint density at radius 1 is 1.33 bits per heavy atom. The summed E-state index contributed by atoms with van der Waals surface area (Å²) in [5, 5.41) is 16.7. The second-order valence-electron chi connectivity index (χ2n) is 7.39. The molecule has 0 saturated carbocycles. The van der Waals surface area contributed by atoms with Crippen molar-refractivity contribution in [3.63, 3.8) is 0 Å². The number of rotatable bonds is 3. The fourth-order valence-electron chi connectivity index (χ4n) is 3.85. The molecule has 4 atom stereocenters. The molecule has 1 amide bonds. The maximum atomic E-state index is 12.5. The number of carbonyl (C=O) groups excluding carboxylic acids is 1. The van der Waals surface area contributed by atoms with Crippen molar-refractivity contribution >= 4 is 38.6 Å². The van der Waals surface area contributed by atoms with Gasteiger partial charge in [0, 0.05) is 0 Å². The van der Waals surface area contributed by atoms with E-state index in [9.17, 15) is 14.8 Å². The summed E-state index contributed by atoms with van der Waals surface area (Å²) in [5.74, 6) is 0.523. The summed E-state index contributed by atoms with van der Waals surface area (Å²) < 4.78 is 16.9. The van der Waals surface area contributed by atoms with Gasteiger partial charge in [0.1, 0.15) is 0 Å². The van der Waals surface area contributed by atoms with Gasteiger partial charge in [-0.15, -0.1) is 0 Å². The van der Waals surface area contributed by atoms with Crippen LogP contribution in [-0.2, 0) is 13.8 Å². The topological polar surface area (TPSA) is 138 Å². The molecule has 2 aromatic rings. The Morgan fingerprint density at radius 3 is 2.93 bits per heavy atom. The summed E-state index contributed by atoms with van der Waals surface area (Å²) >= 11 is 0. The molecule has 158 valence electrons. The molecule has 0 radical (unpaired) electrons. The first-order valence-electron chi connectivity index (χ1n) is 9.52. The summed E-state index contributed by atoms with van der Waals surface area (Å²) in [4.78, 5) is 32.8. The second-order valence-corrected chi connectivity index (χ2v) is 9.71. The van der Waals surface area contributed by atoms with Crippen LogP contribution < -0.4 is 15.5 Å². The Balaban J connectivity index is 1.37. The predicted octanol–water partition coefficient (Wildman–Crippen LogP) is -0.545. The summed E-state index contributed by atoms with van der Waals surface area (Å²) in [5.41, 5.74) is 1.04. The first kappa shape index (κ1) is 19.6. The number of anilines is 3. The van der Waals surface area contributed by atoms with E-state index in [4.69, 9.17) is 13.8 Å². The molecule has 2 saturated heterocycles. The minimum atomic E-state index is -3.27. The third-order valence-corrected chi connectivity index (χ3v) is 6.69. The number of aliphatic hydroxyl groups excluding tert-OH is 1. The molecular weight excluding hydrogens is 412 g/mol. The number of amides is 1. The Bertz CT molecular complexity index is 969. The van der Waals surface area contributed by atoms with Gasteiger partial charge in [0.25, 0.3) is 0 Å². The van der Waals surface area contributed by atoms with E-state index >= 15 is 0 Å². The number of hydrogen-bond acceptors (Lipinski definition) is 10. The molecule has 4 N–H and O–H groups in total. The molecule has 4 heterocycles. The van der Waals surface area contributed by atoms with Gasteiger partial charge in [-0.25, -0.2) is 0 Å². The van der Waals surface area contributed by atoms with E-state index in [1.54, 1.807) is 29.2 Å². The molecule has 3 aliphatic rings. The van der Waals surface area contributed by atoms with Crippen molar-refractivity contribution in [2.24, 2.45) is 0 Å². The van der Waals surface area contributed by atoms with Crippen molar-refractivity contribution in [1.82, 2.24) is 9.97 Å². The van der Waals surface area contributed by atoms with Gasteiger partial charge in [0.15, 0.2) is 0 Å². The maximum absolute atomic E-state index is 12.5. The number of carbonyl (C=O) groups is 1. The number of benzene rings is 1. The van der Waals surface area contributed by atoms with Crippen LogP contribution in [0, 0.1) is 0 Å². The Hall–Kier alpha value is -2.34. The number of fused-ring (bicyclic) bond motifs is 2. The fourth-order valence-corrected chi connectivity index (χ4v) is 5.19. The molecule has 1 aromatic heterocycles. The zero-order valence-corrected chi connectivity index (χ0v) is 17.1. The quantitative estimate of drug-likeness (QED) is 0.369. The molecule has 1 aromatic carbocycles. The standard InChI is InChI=1S/C17H21BN5O6P/c18-30(26)27-6-10-13(29-30)12(24)17(28-10)23-8-21-11-14(19-7-20-15(11)23)22-16(25)9-4-2-1-3-5-9/h1-5,7,10,12-13,17,21,24,26,30H,6,8,18H2,(H,19,20,22,25)/t10?,12?,13-,17?/m1/s1. The van der Waals surface area contributed by atoms with Crippen LogP contribution in [0.15, 0.2) is 36.7 Å². The number of ether oxygens (including phenoxy) is 1. The number of aliphatic hydroxyl groups is 1. The van der Waals surface area contributed by atoms with Gasteiger partial charge in [-0.05, 0) is 0 Å². The van der Waals surface area contributed by atoms with Gasteiger partial charge in [0.2, 0.25) is 0 Å². The van der Waals surface area contributed by atoms with Crippen molar-refractivity contribution in [1.29, 1.82) is 0 Å². The summed E-state index contributed by atoms with van der Waals surface area (Å²) in [6.45, 7) is 0.436. The Labute approximate surface area is 173 Å². The second kappa shape index (κ2) is 7.42. The van der Waals surface area contributed by atoms with Crippen molar-refractivity contribution in [2.45, 2.75) is 24.5 Å². The first-order chi connectivity index (χ1) is 14.4. The Kier molecular flexibility index (Phi) is 4.85. The summed E-state index contributed by atoms with van der Waals surface area (Å²) in [6.07, 6.45) is -1.62. The molecule has 0 spiro atoms. The van der Waals surface area contributed by atoms with Crippen LogP contribution in [0.5, 0.6) is 0 Å². The SMILES string of the molecule is B[PH]1(O)OCC2OC(N3CNc4c(NC(=O)c5ccccc5)ncnc43)C(O)[C@@H]2O1. The monoisotopic (exact) mass is 433 g/mol. The Morgan fingerprint density at radius 2 is 2.13 bits per heavy atom. The average Bonchev–Trinajstić information content (AvgIpc) is 3.30. The van der Waals surface area contributed by atoms with Crippen LogP contribution in [0.3, 0.4) is 0 Å². The molecule has 0 bridgehead atoms. The third kappa shape index (κ3) is 3.41. The summed E-state index contributed by atoms with van der Waals surface area (Å²) in [7, 11) is -1.76. The number of hydrogen-bond donors (Lipinski definition) is 4. The fraction of sp³-hybridized carbons (Fsp3) is 0.353. The molecule has 13 heteroatoms. The van der Waals surface area contributed by atoms with Crippen LogP contribution in [0.4, 0.5) is 17.3 Å². The predicted molar refractivity (Wildman–Crippen MR) is 112 cm³/mol.